The summed E-state index contributed by atoms with van der Waals surface area (Å²) in [4.78, 5) is 25.6. The Morgan fingerprint density at radius 3 is 1.45 bits per heavy atom. The second kappa shape index (κ2) is 15.7. The molecule has 0 unspecified atom stereocenters. The molecule has 0 N–H and O–H groups in total. The van der Waals surface area contributed by atoms with Crippen LogP contribution in [-0.2, 0) is 19.1 Å². The summed E-state index contributed by atoms with van der Waals surface area (Å²) in [6.07, 6.45) is 13.4. The number of hydrogen-bond acceptors (Lipinski definition) is 4. The Hall–Kier alpha value is -1.06. The van der Waals surface area contributed by atoms with Crippen LogP contribution in [0.25, 0.3) is 0 Å². The van der Waals surface area contributed by atoms with Crippen molar-refractivity contribution in [1.82, 2.24) is 0 Å². The summed E-state index contributed by atoms with van der Waals surface area (Å²) in [6, 6.07) is 0. The van der Waals surface area contributed by atoms with Gasteiger partial charge in [-0.3, -0.25) is 9.59 Å². The first-order valence-electron chi connectivity index (χ1n) is 12.3. The predicted molar refractivity (Wildman–Crippen MR) is 121 cm³/mol. The molecule has 0 atom stereocenters. The van der Waals surface area contributed by atoms with E-state index < -0.39 is 17.4 Å². The lowest BCUT2D eigenvalue weighted by atomic mass is 9.73. The van der Waals surface area contributed by atoms with Crippen LogP contribution >= 0.6 is 0 Å². The molecule has 0 aliphatic carbocycles. The summed E-state index contributed by atoms with van der Waals surface area (Å²) >= 11 is 0. The van der Waals surface area contributed by atoms with Crippen LogP contribution in [0.1, 0.15) is 125 Å². The van der Waals surface area contributed by atoms with Crippen LogP contribution in [0.5, 0.6) is 0 Å². The first-order valence-corrected chi connectivity index (χ1v) is 12.3. The van der Waals surface area contributed by atoms with Crippen LogP contribution in [0, 0.1) is 10.8 Å². The van der Waals surface area contributed by atoms with Crippen LogP contribution in [-0.4, -0.2) is 25.2 Å². The third-order valence-electron chi connectivity index (χ3n) is 6.66. The van der Waals surface area contributed by atoms with Crippen LogP contribution in [0.3, 0.4) is 0 Å². The van der Waals surface area contributed by atoms with E-state index in [9.17, 15) is 9.59 Å². The average molecular weight is 413 g/mol. The number of carbonyl (C=O) groups is 2. The first-order chi connectivity index (χ1) is 13.9. The van der Waals surface area contributed by atoms with Crippen molar-refractivity contribution in [3.63, 3.8) is 0 Å². The Balaban J connectivity index is 5.02. The highest BCUT2D eigenvalue weighted by Crippen LogP contribution is 2.39. The monoisotopic (exact) mass is 412 g/mol. The molecule has 0 saturated carbocycles. The molecule has 0 amide bonds. The van der Waals surface area contributed by atoms with E-state index in [1.54, 1.807) is 13.8 Å². The van der Waals surface area contributed by atoms with E-state index in [4.69, 9.17) is 9.47 Å². The number of hydrogen-bond donors (Lipinski definition) is 0. The summed E-state index contributed by atoms with van der Waals surface area (Å²) in [7, 11) is 0. The van der Waals surface area contributed by atoms with Gasteiger partial charge in [-0.05, 0) is 44.9 Å². The van der Waals surface area contributed by atoms with Gasteiger partial charge in [-0.1, -0.05) is 85.5 Å². The third-order valence-corrected chi connectivity index (χ3v) is 6.66. The second-order valence-electron chi connectivity index (χ2n) is 8.50. The maximum atomic E-state index is 12.8. The summed E-state index contributed by atoms with van der Waals surface area (Å²) in [6.45, 7) is 13.1. The van der Waals surface area contributed by atoms with Gasteiger partial charge in [0.05, 0.1) is 13.2 Å². The van der Waals surface area contributed by atoms with Crippen molar-refractivity contribution in [3.8, 4) is 0 Å². The predicted octanol–water partition coefficient (Wildman–Crippen LogP) is 7.24. The van der Waals surface area contributed by atoms with Crippen LogP contribution < -0.4 is 0 Å². The van der Waals surface area contributed by atoms with Crippen LogP contribution in [0.15, 0.2) is 0 Å². The lowest BCUT2D eigenvalue weighted by molar-refractivity contribution is -0.173. The normalized spacial score (nSPS) is 12.1. The molecule has 0 aromatic heterocycles. The Kier molecular flexibility index (Phi) is 15.2. The quantitative estimate of drug-likeness (QED) is 0.135. The molecule has 29 heavy (non-hydrogen) atoms. The maximum absolute atomic E-state index is 12.8. The van der Waals surface area contributed by atoms with Gasteiger partial charge in [0.15, 0.2) is 5.41 Å². The van der Waals surface area contributed by atoms with E-state index >= 15 is 0 Å². The van der Waals surface area contributed by atoms with Gasteiger partial charge in [-0.2, -0.15) is 0 Å². The van der Waals surface area contributed by atoms with E-state index in [1.165, 1.54) is 38.5 Å². The highest BCUT2D eigenvalue weighted by molar-refractivity contribution is 6.00. The van der Waals surface area contributed by atoms with Crippen LogP contribution in [0.2, 0.25) is 0 Å². The van der Waals surface area contributed by atoms with Gasteiger partial charge in [-0.25, -0.2) is 0 Å². The number of carbonyl (C=O) groups excluding carboxylic acids is 2. The maximum Gasteiger partial charge on any atom is 0.323 e. The van der Waals surface area contributed by atoms with Gasteiger partial charge in [-0.15, -0.1) is 0 Å². The second-order valence-corrected chi connectivity index (χ2v) is 8.50. The highest BCUT2D eigenvalue weighted by Gasteiger charge is 2.47. The lowest BCUT2D eigenvalue weighted by Crippen LogP contribution is -2.42. The molecule has 0 rings (SSSR count). The molecule has 172 valence electrons. The largest absolute Gasteiger partial charge is 0.465 e. The molecular weight excluding hydrogens is 364 g/mol. The Morgan fingerprint density at radius 1 is 0.586 bits per heavy atom. The van der Waals surface area contributed by atoms with Crippen molar-refractivity contribution < 1.29 is 19.1 Å². The molecule has 4 nitrogen and oxygen atoms in total. The van der Waals surface area contributed by atoms with Crippen molar-refractivity contribution in [1.29, 1.82) is 0 Å². The van der Waals surface area contributed by atoms with E-state index in [2.05, 4.69) is 27.7 Å². The molecule has 0 saturated heterocycles. The van der Waals surface area contributed by atoms with Crippen molar-refractivity contribution >= 4 is 11.9 Å². The van der Waals surface area contributed by atoms with E-state index in [0.717, 1.165) is 32.1 Å². The van der Waals surface area contributed by atoms with Crippen LogP contribution in [0.4, 0.5) is 0 Å². The van der Waals surface area contributed by atoms with E-state index in [-0.39, 0.29) is 0 Å². The fourth-order valence-electron chi connectivity index (χ4n) is 4.37. The lowest BCUT2D eigenvalue weighted by Gasteiger charge is -2.32. The molecule has 0 aliphatic heterocycles. The standard InChI is InChI=1S/C25H48O4/c1-7-13-18-24(9-3,10-4)19-16-15-17-21-25(20-14-8-2,22(26)28-11-5)23(27)29-12-6/h7-21H2,1-6H3. The van der Waals surface area contributed by atoms with Gasteiger partial charge < -0.3 is 9.47 Å². The Morgan fingerprint density at radius 2 is 1.00 bits per heavy atom. The SMILES string of the molecule is CCCCC(CC)(CC)CCCCCC(CCCC)(C(=O)OCC)C(=O)OCC. The van der Waals surface area contributed by atoms with E-state index in [1.807, 2.05) is 0 Å². The molecule has 0 heterocycles. The first kappa shape index (κ1) is 27.9. The minimum atomic E-state index is -1.13. The molecule has 0 aliphatic rings. The van der Waals surface area contributed by atoms with E-state index in [0.29, 0.717) is 31.5 Å². The Labute approximate surface area is 180 Å². The van der Waals surface area contributed by atoms with Crippen molar-refractivity contribution in [2.24, 2.45) is 10.8 Å². The number of rotatable bonds is 18. The molecule has 0 radical (unpaired) electrons. The zero-order valence-electron chi connectivity index (χ0n) is 20.2. The third kappa shape index (κ3) is 9.09. The number of esters is 2. The van der Waals surface area contributed by atoms with Gasteiger partial charge in [0.2, 0.25) is 0 Å². The zero-order chi connectivity index (χ0) is 22.2. The summed E-state index contributed by atoms with van der Waals surface area (Å²) in [5.74, 6) is -0.794. The smallest absolute Gasteiger partial charge is 0.323 e. The molecule has 0 bridgehead atoms. The summed E-state index contributed by atoms with van der Waals surface area (Å²) in [5, 5.41) is 0. The Bertz CT molecular complexity index is 422. The van der Waals surface area contributed by atoms with Crippen molar-refractivity contribution in [2.75, 3.05) is 13.2 Å². The van der Waals surface area contributed by atoms with Gasteiger partial charge in [0, 0.05) is 0 Å². The number of unbranched alkanes of at least 4 members (excludes halogenated alkanes) is 4. The summed E-state index contributed by atoms with van der Waals surface area (Å²) in [5.41, 5.74) is -0.672. The fraction of sp³-hybridized carbons (Fsp3) is 0.920. The molecular formula is C25H48O4. The molecule has 0 fully saturated rings. The molecule has 0 aromatic carbocycles. The summed E-state index contributed by atoms with van der Waals surface area (Å²) < 4.78 is 10.6. The topological polar surface area (TPSA) is 52.6 Å². The average Bonchev–Trinajstić information content (AvgIpc) is 2.73. The van der Waals surface area contributed by atoms with Crippen molar-refractivity contribution in [2.45, 2.75) is 125 Å². The minimum Gasteiger partial charge on any atom is -0.465 e. The van der Waals surface area contributed by atoms with Gasteiger partial charge in [0.25, 0.3) is 0 Å². The zero-order valence-corrected chi connectivity index (χ0v) is 20.2. The molecule has 0 spiro atoms. The number of ether oxygens (including phenoxy) is 2. The fourth-order valence-corrected chi connectivity index (χ4v) is 4.37. The minimum absolute atomic E-state index is 0.291. The van der Waals surface area contributed by atoms with Gasteiger partial charge >= 0.3 is 11.9 Å². The molecule has 0 aromatic rings. The molecule has 4 heteroatoms. The highest BCUT2D eigenvalue weighted by atomic mass is 16.6. The van der Waals surface area contributed by atoms with Crippen molar-refractivity contribution in [3.05, 3.63) is 0 Å². The van der Waals surface area contributed by atoms with Gasteiger partial charge in [0.1, 0.15) is 0 Å².